The normalized spacial score (nSPS) is 20.4. The van der Waals surface area contributed by atoms with Gasteiger partial charge in [-0.3, -0.25) is 4.79 Å². The van der Waals surface area contributed by atoms with E-state index in [0.717, 1.165) is 12.0 Å². The first-order valence-electron chi connectivity index (χ1n) is 7.07. The third-order valence-electron chi connectivity index (χ3n) is 3.99. The van der Waals surface area contributed by atoms with Crippen LogP contribution in [0.25, 0.3) is 0 Å². The zero-order chi connectivity index (χ0) is 15.5. The Kier molecular flexibility index (Phi) is 4.50. The van der Waals surface area contributed by atoms with E-state index in [9.17, 15) is 9.59 Å². The van der Waals surface area contributed by atoms with Crippen LogP contribution in [0, 0.1) is 11.3 Å². The Morgan fingerprint density at radius 1 is 1.38 bits per heavy atom. The molecule has 5 heteroatoms. The zero-order valence-corrected chi connectivity index (χ0v) is 12.3. The molecule has 2 N–H and O–H groups in total. The van der Waals surface area contributed by atoms with Crippen molar-refractivity contribution in [2.45, 2.75) is 39.3 Å². The van der Waals surface area contributed by atoms with E-state index in [1.165, 1.54) is 0 Å². The van der Waals surface area contributed by atoms with Crippen molar-refractivity contribution in [3.8, 4) is 0 Å². The van der Waals surface area contributed by atoms with E-state index >= 15 is 0 Å². The Bertz CT molecular complexity index is 512. The van der Waals surface area contributed by atoms with Gasteiger partial charge in [-0.25, -0.2) is 4.79 Å². The van der Waals surface area contributed by atoms with Gasteiger partial charge in [0, 0.05) is 6.04 Å². The molecule has 0 aromatic heterocycles. The first-order chi connectivity index (χ1) is 9.88. The van der Waals surface area contributed by atoms with Gasteiger partial charge >= 0.3 is 12.1 Å². The van der Waals surface area contributed by atoms with Gasteiger partial charge in [-0.1, -0.05) is 44.2 Å². The van der Waals surface area contributed by atoms with Crippen LogP contribution in [0.15, 0.2) is 30.3 Å². The molecule has 1 unspecified atom stereocenters. The Labute approximate surface area is 124 Å². The van der Waals surface area contributed by atoms with Crippen LogP contribution in [0.5, 0.6) is 0 Å². The predicted octanol–water partition coefficient (Wildman–Crippen LogP) is 2.80. The van der Waals surface area contributed by atoms with Gasteiger partial charge in [0.2, 0.25) is 0 Å². The van der Waals surface area contributed by atoms with E-state index in [1.54, 1.807) is 0 Å². The smallest absolute Gasteiger partial charge is 0.407 e. The average molecular weight is 291 g/mol. The molecule has 0 heterocycles. The van der Waals surface area contributed by atoms with E-state index in [-0.39, 0.29) is 30.4 Å². The maximum atomic E-state index is 11.8. The highest BCUT2D eigenvalue weighted by Crippen LogP contribution is 2.54. The maximum Gasteiger partial charge on any atom is 0.407 e. The zero-order valence-electron chi connectivity index (χ0n) is 12.3. The van der Waals surface area contributed by atoms with Gasteiger partial charge in [0.15, 0.2) is 0 Å². The van der Waals surface area contributed by atoms with Gasteiger partial charge in [0.05, 0.1) is 6.42 Å². The molecule has 0 saturated heterocycles. The van der Waals surface area contributed by atoms with Crippen LogP contribution in [0.4, 0.5) is 4.79 Å². The van der Waals surface area contributed by atoms with Crippen molar-refractivity contribution < 1.29 is 19.4 Å². The number of aliphatic carboxylic acids is 1. The summed E-state index contributed by atoms with van der Waals surface area (Å²) in [5.41, 5.74) is 0.988. The molecule has 1 saturated carbocycles. The molecule has 1 aliphatic carbocycles. The fraction of sp³-hybridized carbons (Fsp3) is 0.500. The lowest BCUT2D eigenvalue weighted by Crippen LogP contribution is -2.39. The van der Waals surface area contributed by atoms with Crippen molar-refractivity contribution in [2.24, 2.45) is 11.3 Å². The highest BCUT2D eigenvalue weighted by Gasteiger charge is 2.51. The van der Waals surface area contributed by atoms with Crippen LogP contribution >= 0.6 is 0 Å². The van der Waals surface area contributed by atoms with Crippen LogP contribution in [0.2, 0.25) is 0 Å². The predicted molar refractivity (Wildman–Crippen MR) is 77.7 cm³/mol. The Balaban J connectivity index is 1.85. The molecule has 0 bridgehead atoms. The highest BCUT2D eigenvalue weighted by atomic mass is 16.5. The second-order valence-corrected chi connectivity index (χ2v) is 6.21. The van der Waals surface area contributed by atoms with Gasteiger partial charge in [0.1, 0.15) is 6.61 Å². The summed E-state index contributed by atoms with van der Waals surface area (Å²) in [6.45, 7) is 4.33. The van der Waals surface area contributed by atoms with Crippen molar-refractivity contribution in [3.63, 3.8) is 0 Å². The molecule has 1 fully saturated rings. The molecule has 1 aromatic carbocycles. The monoisotopic (exact) mass is 291 g/mol. The first-order valence-corrected chi connectivity index (χ1v) is 7.07. The first kappa shape index (κ1) is 15.4. The lowest BCUT2D eigenvalue weighted by molar-refractivity contribution is -0.137. The quantitative estimate of drug-likeness (QED) is 0.845. The molecule has 2 atom stereocenters. The van der Waals surface area contributed by atoms with E-state index in [2.05, 4.69) is 19.2 Å². The minimum atomic E-state index is -0.911. The summed E-state index contributed by atoms with van der Waals surface area (Å²) in [5.74, 6) is -0.719. The number of carbonyl (C=O) groups is 2. The molecule has 1 aliphatic rings. The van der Waals surface area contributed by atoms with Crippen molar-refractivity contribution in [1.29, 1.82) is 0 Å². The molecular weight excluding hydrogens is 270 g/mol. The number of hydrogen-bond donors (Lipinski definition) is 2. The second kappa shape index (κ2) is 6.16. The number of benzene rings is 1. The number of rotatable bonds is 6. The average Bonchev–Trinajstić information content (AvgIpc) is 3.05. The van der Waals surface area contributed by atoms with Gasteiger partial charge in [-0.15, -0.1) is 0 Å². The van der Waals surface area contributed by atoms with Crippen LogP contribution < -0.4 is 5.32 Å². The number of alkyl carbamates (subject to hydrolysis) is 1. The van der Waals surface area contributed by atoms with Gasteiger partial charge < -0.3 is 15.2 Å². The van der Waals surface area contributed by atoms with Crippen LogP contribution in [0.1, 0.15) is 32.3 Å². The van der Waals surface area contributed by atoms with E-state index in [1.807, 2.05) is 30.3 Å². The molecule has 2 rings (SSSR count). The van der Waals surface area contributed by atoms with Crippen LogP contribution in [0.3, 0.4) is 0 Å². The Hall–Kier alpha value is -2.04. The number of amides is 1. The molecular formula is C16H21NO4. The Morgan fingerprint density at radius 3 is 2.52 bits per heavy atom. The SMILES string of the molecule is CC1(C)CC1[C@H](CC(=O)O)NC(=O)OCc1ccccc1. The van der Waals surface area contributed by atoms with Crippen LogP contribution in [-0.2, 0) is 16.1 Å². The summed E-state index contributed by atoms with van der Waals surface area (Å²) in [6, 6.07) is 8.99. The van der Waals surface area contributed by atoms with E-state index in [4.69, 9.17) is 9.84 Å². The number of carboxylic acids is 1. The third kappa shape index (κ3) is 4.48. The summed E-state index contributed by atoms with van der Waals surface area (Å²) < 4.78 is 5.14. The number of carboxylic acid groups (broad SMARTS) is 1. The number of ether oxygens (including phenoxy) is 1. The summed E-state index contributed by atoms with van der Waals surface area (Å²) in [4.78, 5) is 22.7. The number of carbonyl (C=O) groups excluding carboxylic acids is 1. The molecule has 1 amide bonds. The second-order valence-electron chi connectivity index (χ2n) is 6.21. The van der Waals surface area contributed by atoms with Crippen molar-refractivity contribution in [2.75, 3.05) is 0 Å². The Morgan fingerprint density at radius 2 is 2.00 bits per heavy atom. The minimum absolute atomic E-state index is 0.0749. The summed E-state index contributed by atoms with van der Waals surface area (Å²) >= 11 is 0. The molecule has 0 spiro atoms. The van der Waals surface area contributed by atoms with Crippen molar-refractivity contribution in [1.82, 2.24) is 5.32 Å². The fourth-order valence-electron chi connectivity index (χ4n) is 2.59. The standard InChI is InChI=1S/C16H21NO4/c1-16(2)9-12(16)13(8-14(18)19)17-15(20)21-10-11-6-4-3-5-7-11/h3-7,12-13H,8-10H2,1-2H3,(H,17,20)(H,18,19)/t12?,13-/m0/s1. The van der Waals surface area contributed by atoms with Gasteiger partial charge in [0.25, 0.3) is 0 Å². The fourth-order valence-corrected chi connectivity index (χ4v) is 2.59. The third-order valence-corrected chi connectivity index (χ3v) is 3.99. The molecule has 0 radical (unpaired) electrons. The topological polar surface area (TPSA) is 75.6 Å². The van der Waals surface area contributed by atoms with E-state index < -0.39 is 12.1 Å². The van der Waals surface area contributed by atoms with Crippen molar-refractivity contribution >= 4 is 12.1 Å². The molecule has 0 aliphatic heterocycles. The van der Waals surface area contributed by atoms with E-state index in [0.29, 0.717) is 0 Å². The number of hydrogen-bond acceptors (Lipinski definition) is 3. The molecule has 5 nitrogen and oxygen atoms in total. The minimum Gasteiger partial charge on any atom is -0.481 e. The lowest BCUT2D eigenvalue weighted by Gasteiger charge is -2.18. The summed E-state index contributed by atoms with van der Waals surface area (Å²) in [6.07, 6.45) is 0.283. The maximum absolute atomic E-state index is 11.8. The van der Waals surface area contributed by atoms with Gasteiger partial charge in [-0.2, -0.15) is 0 Å². The summed E-state index contributed by atoms with van der Waals surface area (Å²) in [7, 11) is 0. The van der Waals surface area contributed by atoms with Crippen LogP contribution in [-0.4, -0.2) is 23.2 Å². The highest BCUT2D eigenvalue weighted by molar-refractivity contribution is 5.71. The molecule has 1 aromatic rings. The van der Waals surface area contributed by atoms with Gasteiger partial charge in [-0.05, 0) is 23.3 Å². The molecule has 114 valence electrons. The lowest BCUT2D eigenvalue weighted by atomic mass is 10.0. The largest absolute Gasteiger partial charge is 0.481 e. The molecule has 21 heavy (non-hydrogen) atoms. The number of nitrogens with one attached hydrogen (secondary N) is 1. The van der Waals surface area contributed by atoms with Crippen molar-refractivity contribution in [3.05, 3.63) is 35.9 Å². The summed E-state index contributed by atoms with van der Waals surface area (Å²) in [5, 5.41) is 11.7.